The van der Waals surface area contributed by atoms with Crippen LogP contribution < -0.4 is 15.0 Å². The summed E-state index contributed by atoms with van der Waals surface area (Å²) in [6.45, 7) is 0.962. The van der Waals surface area contributed by atoms with E-state index in [1.165, 1.54) is 18.2 Å². The second-order valence-electron chi connectivity index (χ2n) is 7.89. The summed E-state index contributed by atoms with van der Waals surface area (Å²) in [5, 5.41) is 3.03. The number of para-hydroxylation sites is 2. The molecule has 1 aliphatic rings. The van der Waals surface area contributed by atoms with Crippen LogP contribution in [0.5, 0.6) is 5.75 Å². The Kier molecular flexibility index (Phi) is 5.85. The molecular weight excluding hydrogens is 449 g/mol. The number of amides is 4. The predicted molar refractivity (Wildman–Crippen MR) is 129 cm³/mol. The molecule has 0 aliphatic carbocycles. The van der Waals surface area contributed by atoms with Crippen molar-refractivity contribution in [2.45, 2.75) is 6.54 Å². The van der Waals surface area contributed by atoms with Gasteiger partial charge >= 0.3 is 6.03 Å². The van der Waals surface area contributed by atoms with Gasteiger partial charge < -0.3 is 9.30 Å². The molecule has 1 N–H and O–H groups in total. The lowest BCUT2D eigenvalue weighted by Crippen LogP contribution is -2.54. The summed E-state index contributed by atoms with van der Waals surface area (Å²) < 4.78 is 21.1. The van der Waals surface area contributed by atoms with Crippen molar-refractivity contribution in [2.75, 3.05) is 11.5 Å². The molecule has 174 valence electrons. The Bertz CT molecular complexity index is 1460. The molecule has 0 bridgehead atoms. The van der Waals surface area contributed by atoms with Crippen LogP contribution in [0.3, 0.4) is 0 Å². The minimum atomic E-state index is -0.885. The zero-order valence-electron chi connectivity index (χ0n) is 18.5. The number of hydrogen-bond donors (Lipinski definition) is 1. The Labute approximate surface area is 200 Å². The molecule has 0 spiro atoms. The van der Waals surface area contributed by atoms with E-state index in [4.69, 9.17) is 4.74 Å². The van der Waals surface area contributed by atoms with Crippen molar-refractivity contribution < 1.29 is 23.5 Å². The maximum Gasteiger partial charge on any atom is 0.335 e. The second kappa shape index (κ2) is 9.26. The van der Waals surface area contributed by atoms with Crippen molar-refractivity contribution >= 4 is 40.5 Å². The number of carbonyl (C=O) groups excluding carboxylic acids is 3. The predicted octanol–water partition coefficient (Wildman–Crippen LogP) is 4.53. The fourth-order valence-corrected chi connectivity index (χ4v) is 3.99. The molecule has 0 saturated carbocycles. The van der Waals surface area contributed by atoms with E-state index in [0.717, 1.165) is 33.7 Å². The van der Waals surface area contributed by atoms with Gasteiger partial charge in [-0.05, 0) is 48.5 Å². The number of hydrogen-bond acceptors (Lipinski definition) is 4. The highest BCUT2D eigenvalue weighted by Gasteiger charge is 2.37. The number of urea groups is 1. The largest absolute Gasteiger partial charge is 0.492 e. The van der Waals surface area contributed by atoms with Gasteiger partial charge in [-0.25, -0.2) is 14.1 Å². The maximum absolute atomic E-state index is 13.3. The van der Waals surface area contributed by atoms with Crippen molar-refractivity contribution in [2.24, 2.45) is 0 Å². The Hall–Kier alpha value is -4.72. The summed E-state index contributed by atoms with van der Waals surface area (Å²) in [6, 6.07) is 21.1. The third kappa shape index (κ3) is 4.41. The summed E-state index contributed by atoms with van der Waals surface area (Å²) in [5.74, 6) is -1.31. The second-order valence-corrected chi connectivity index (χ2v) is 7.89. The van der Waals surface area contributed by atoms with Crippen LogP contribution in [0.1, 0.15) is 5.56 Å². The molecule has 0 radical (unpaired) electrons. The fraction of sp³-hybridized carbons (Fsp3) is 0.0741. The third-order valence-electron chi connectivity index (χ3n) is 5.65. The number of anilines is 1. The highest BCUT2D eigenvalue weighted by molar-refractivity contribution is 6.39. The van der Waals surface area contributed by atoms with E-state index in [9.17, 15) is 18.8 Å². The number of benzene rings is 3. The van der Waals surface area contributed by atoms with Gasteiger partial charge in [0.1, 0.15) is 23.7 Å². The molecule has 2 heterocycles. The monoisotopic (exact) mass is 469 g/mol. The van der Waals surface area contributed by atoms with Crippen molar-refractivity contribution in [3.8, 4) is 5.75 Å². The Balaban J connectivity index is 1.46. The van der Waals surface area contributed by atoms with Crippen LogP contribution in [0, 0.1) is 5.82 Å². The number of imide groups is 2. The van der Waals surface area contributed by atoms with Gasteiger partial charge in [-0.2, -0.15) is 0 Å². The summed E-state index contributed by atoms with van der Waals surface area (Å²) >= 11 is 0. The number of rotatable bonds is 6. The van der Waals surface area contributed by atoms with Crippen LogP contribution in [-0.2, 0) is 16.1 Å². The first-order valence-corrected chi connectivity index (χ1v) is 10.9. The first kappa shape index (κ1) is 22.1. The van der Waals surface area contributed by atoms with Crippen LogP contribution in [0.15, 0.2) is 90.6 Å². The van der Waals surface area contributed by atoms with E-state index >= 15 is 0 Å². The van der Waals surface area contributed by atoms with E-state index in [1.54, 1.807) is 0 Å². The van der Waals surface area contributed by atoms with Crippen molar-refractivity contribution in [3.63, 3.8) is 0 Å². The number of nitrogens with one attached hydrogen (secondary N) is 1. The van der Waals surface area contributed by atoms with Gasteiger partial charge in [0.2, 0.25) is 0 Å². The van der Waals surface area contributed by atoms with Crippen LogP contribution >= 0.6 is 0 Å². The summed E-state index contributed by atoms with van der Waals surface area (Å²) in [4.78, 5) is 39.0. The summed E-state index contributed by atoms with van der Waals surface area (Å²) in [6.07, 6.45) is 3.31. The first-order chi connectivity index (χ1) is 17.0. The van der Waals surface area contributed by atoms with Gasteiger partial charge in [-0.15, -0.1) is 0 Å². The normalized spacial score (nSPS) is 15.1. The average molecular weight is 469 g/mol. The fourth-order valence-electron chi connectivity index (χ4n) is 3.99. The van der Waals surface area contributed by atoms with Gasteiger partial charge in [0, 0.05) is 22.7 Å². The average Bonchev–Trinajstić information content (AvgIpc) is 3.21. The molecule has 5 rings (SSSR count). The molecule has 8 heteroatoms. The molecule has 1 fully saturated rings. The topological polar surface area (TPSA) is 80.6 Å². The Morgan fingerprint density at radius 3 is 2.37 bits per heavy atom. The molecule has 1 aromatic heterocycles. The van der Waals surface area contributed by atoms with Crippen LogP contribution in [-0.4, -0.2) is 29.0 Å². The number of carbonyl (C=O) groups is 3. The number of fused-ring (bicyclic) bond motifs is 1. The molecule has 1 aliphatic heterocycles. The minimum Gasteiger partial charge on any atom is -0.492 e. The molecule has 35 heavy (non-hydrogen) atoms. The molecular formula is C27H20FN3O4. The maximum atomic E-state index is 13.3. The molecule has 1 saturated heterocycles. The van der Waals surface area contributed by atoms with E-state index < -0.39 is 23.7 Å². The molecule has 4 aromatic rings. The zero-order valence-corrected chi connectivity index (χ0v) is 18.5. The van der Waals surface area contributed by atoms with Gasteiger partial charge in [0.15, 0.2) is 0 Å². The SMILES string of the molecule is O=C1NC(=O)N(c2ccc(F)cc2)C(=O)/C1=C\c1cn(CCOc2ccccc2)c2ccccc12. The number of aromatic nitrogens is 1. The first-order valence-electron chi connectivity index (χ1n) is 10.9. The zero-order chi connectivity index (χ0) is 24.4. The van der Waals surface area contributed by atoms with E-state index in [-0.39, 0.29) is 11.3 Å². The molecule has 3 aromatic carbocycles. The smallest absolute Gasteiger partial charge is 0.335 e. The standard InChI is InChI=1S/C27H20FN3O4/c28-19-10-12-20(13-11-19)31-26(33)23(25(32)29-27(31)34)16-18-17-30(24-9-5-4-8-22(18)24)14-15-35-21-6-2-1-3-7-21/h1-13,16-17H,14-15H2,(H,29,32,34)/b23-16-. The number of barbiturate groups is 1. The van der Waals surface area contributed by atoms with Crippen LogP contribution in [0.2, 0.25) is 0 Å². The van der Waals surface area contributed by atoms with Crippen molar-refractivity contribution in [1.82, 2.24) is 9.88 Å². The summed E-state index contributed by atoms with van der Waals surface area (Å²) in [5.41, 5.74) is 1.52. The van der Waals surface area contributed by atoms with Gasteiger partial charge in [-0.1, -0.05) is 36.4 Å². The van der Waals surface area contributed by atoms with E-state index in [1.807, 2.05) is 65.4 Å². The lowest BCUT2D eigenvalue weighted by atomic mass is 10.1. The van der Waals surface area contributed by atoms with E-state index in [0.29, 0.717) is 18.7 Å². The summed E-state index contributed by atoms with van der Waals surface area (Å²) in [7, 11) is 0. The minimum absolute atomic E-state index is 0.160. The lowest BCUT2D eigenvalue weighted by Gasteiger charge is -2.26. The lowest BCUT2D eigenvalue weighted by molar-refractivity contribution is -0.122. The molecule has 4 amide bonds. The highest BCUT2D eigenvalue weighted by Crippen LogP contribution is 2.27. The molecule has 7 nitrogen and oxygen atoms in total. The van der Waals surface area contributed by atoms with Crippen LogP contribution in [0.4, 0.5) is 14.9 Å². The molecule has 0 unspecified atom stereocenters. The highest BCUT2D eigenvalue weighted by atomic mass is 19.1. The van der Waals surface area contributed by atoms with Gasteiger partial charge in [0.25, 0.3) is 11.8 Å². The van der Waals surface area contributed by atoms with Gasteiger partial charge in [0.05, 0.1) is 12.2 Å². The Morgan fingerprint density at radius 1 is 0.886 bits per heavy atom. The number of ether oxygens (including phenoxy) is 1. The number of nitrogens with zero attached hydrogens (tertiary/aromatic N) is 2. The van der Waals surface area contributed by atoms with E-state index in [2.05, 4.69) is 5.32 Å². The Morgan fingerprint density at radius 2 is 1.60 bits per heavy atom. The van der Waals surface area contributed by atoms with Crippen molar-refractivity contribution in [3.05, 3.63) is 102 Å². The van der Waals surface area contributed by atoms with Gasteiger partial charge in [-0.3, -0.25) is 14.9 Å². The number of halogens is 1. The third-order valence-corrected chi connectivity index (χ3v) is 5.65. The quantitative estimate of drug-likeness (QED) is 0.333. The molecule has 0 atom stereocenters. The van der Waals surface area contributed by atoms with Crippen LogP contribution in [0.25, 0.3) is 17.0 Å². The van der Waals surface area contributed by atoms with Crippen molar-refractivity contribution in [1.29, 1.82) is 0 Å².